The van der Waals surface area contributed by atoms with E-state index in [4.69, 9.17) is 9.94 Å². The van der Waals surface area contributed by atoms with E-state index >= 15 is 0 Å². The van der Waals surface area contributed by atoms with Gasteiger partial charge in [-0.3, -0.25) is 0 Å². The van der Waals surface area contributed by atoms with Gasteiger partial charge >= 0.3 is 5.97 Å². The Morgan fingerprint density at radius 2 is 2.47 bits per heavy atom. The molecule has 0 radical (unpaired) electrons. The van der Waals surface area contributed by atoms with E-state index in [1.807, 2.05) is 18.4 Å². The molecule has 0 saturated heterocycles. The highest BCUT2D eigenvalue weighted by molar-refractivity contribution is 7.12. The Labute approximate surface area is 91.2 Å². The molecule has 1 aliphatic heterocycles. The fourth-order valence-corrected chi connectivity index (χ4v) is 2.35. The van der Waals surface area contributed by atoms with Crippen LogP contribution in [0, 0.1) is 6.92 Å². The van der Waals surface area contributed by atoms with E-state index in [9.17, 15) is 4.79 Å². The Balaban J connectivity index is 2.24. The molecule has 0 aromatic carbocycles. The van der Waals surface area contributed by atoms with E-state index in [2.05, 4.69) is 5.16 Å². The van der Waals surface area contributed by atoms with Crippen molar-refractivity contribution in [1.29, 1.82) is 0 Å². The molecule has 0 bridgehead atoms. The van der Waals surface area contributed by atoms with Gasteiger partial charge in [0.15, 0.2) is 0 Å². The van der Waals surface area contributed by atoms with Crippen molar-refractivity contribution in [2.45, 2.75) is 25.9 Å². The van der Waals surface area contributed by atoms with Crippen LogP contribution in [0.25, 0.3) is 0 Å². The minimum atomic E-state index is -1.20. The highest BCUT2D eigenvalue weighted by Gasteiger charge is 2.42. The zero-order valence-electron chi connectivity index (χ0n) is 8.48. The van der Waals surface area contributed by atoms with E-state index in [-0.39, 0.29) is 0 Å². The van der Waals surface area contributed by atoms with Crippen molar-refractivity contribution in [3.63, 3.8) is 0 Å². The van der Waals surface area contributed by atoms with Crippen LogP contribution in [0.15, 0.2) is 16.6 Å². The molecule has 1 atom stereocenters. The number of thiophene rings is 1. The number of hydrogen-bond acceptors (Lipinski definition) is 4. The predicted octanol–water partition coefficient (Wildman–Crippen LogP) is 2.02. The second-order valence-electron chi connectivity index (χ2n) is 3.77. The van der Waals surface area contributed by atoms with Crippen LogP contribution >= 0.6 is 11.3 Å². The van der Waals surface area contributed by atoms with E-state index < -0.39 is 11.6 Å². The molecule has 0 saturated carbocycles. The summed E-state index contributed by atoms with van der Waals surface area (Å²) < 4.78 is 0. The summed E-state index contributed by atoms with van der Waals surface area (Å²) in [5.74, 6) is -0.976. The molecule has 1 aromatic heterocycles. The topological polar surface area (TPSA) is 58.9 Å². The number of aryl methyl sites for hydroxylation is 1. The molecule has 1 N–H and O–H groups in total. The molecule has 4 nitrogen and oxygen atoms in total. The molecule has 0 amide bonds. The van der Waals surface area contributed by atoms with E-state index in [0.717, 1.165) is 16.2 Å². The molecule has 0 spiro atoms. The van der Waals surface area contributed by atoms with Gasteiger partial charge in [-0.2, -0.15) is 0 Å². The van der Waals surface area contributed by atoms with Crippen molar-refractivity contribution in [3.05, 3.63) is 21.9 Å². The van der Waals surface area contributed by atoms with Crippen LogP contribution in [0.2, 0.25) is 0 Å². The molecule has 1 unspecified atom stereocenters. The maximum absolute atomic E-state index is 10.9. The Morgan fingerprint density at radius 3 is 2.93 bits per heavy atom. The summed E-state index contributed by atoms with van der Waals surface area (Å²) in [4.78, 5) is 16.9. The minimum Gasteiger partial charge on any atom is -0.478 e. The van der Waals surface area contributed by atoms with Crippen LogP contribution in [-0.4, -0.2) is 22.4 Å². The molecule has 2 heterocycles. The smallest absolute Gasteiger partial charge is 0.351 e. The summed E-state index contributed by atoms with van der Waals surface area (Å²) in [5.41, 5.74) is 0.635. The van der Waals surface area contributed by atoms with Crippen LogP contribution < -0.4 is 0 Å². The monoisotopic (exact) mass is 225 g/mol. The highest BCUT2D eigenvalue weighted by Crippen LogP contribution is 2.29. The average molecular weight is 225 g/mol. The molecule has 80 valence electrons. The fraction of sp³-hybridized carbons (Fsp3) is 0.400. The molecule has 1 aromatic rings. The molecule has 15 heavy (non-hydrogen) atoms. The number of nitrogens with zero attached hydrogens (tertiary/aromatic N) is 1. The summed E-state index contributed by atoms with van der Waals surface area (Å²) in [5, 5.41) is 14.8. The lowest BCUT2D eigenvalue weighted by atomic mass is 9.98. The molecule has 5 heteroatoms. The van der Waals surface area contributed by atoms with E-state index in [0.29, 0.717) is 6.42 Å². The van der Waals surface area contributed by atoms with Crippen LogP contribution in [-0.2, 0) is 9.63 Å². The number of carbonyl (C=O) groups is 1. The molecule has 0 fully saturated rings. The van der Waals surface area contributed by atoms with Crippen molar-refractivity contribution in [3.8, 4) is 0 Å². The SMILES string of the molecule is Cc1ccsc1C1=NOC(C)(C(=O)O)C1. The Bertz CT molecular complexity index is 438. The Kier molecular flexibility index (Phi) is 2.26. The average Bonchev–Trinajstić information content (AvgIpc) is 2.73. The van der Waals surface area contributed by atoms with E-state index in [1.54, 1.807) is 11.3 Å². The van der Waals surface area contributed by atoms with Gasteiger partial charge in [-0.05, 0) is 30.9 Å². The van der Waals surface area contributed by atoms with Gasteiger partial charge in [0.05, 0.1) is 4.88 Å². The number of aliphatic carboxylic acids is 1. The minimum absolute atomic E-state index is 0.323. The quantitative estimate of drug-likeness (QED) is 0.837. The number of carboxylic acid groups (broad SMARTS) is 1. The third-order valence-electron chi connectivity index (χ3n) is 2.44. The maximum Gasteiger partial charge on any atom is 0.351 e. The lowest BCUT2D eigenvalue weighted by molar-refractivity contribution is -0.160. The third-order valence-corrected chi connectivity index (χ3v) is 3.50. The number of oxime groups is 1. The summed E-state index contributed by atoms with van der Waals surface area (Å²) in [6, 6.07) is 1.99. The van der Waals surface area contributed by atoms with Crippen molar-refractivity contribution in [2.24, 2.45) is 5.16 Å². The van der Waals surface area contributed by atoms with Crippen molar-refractivity contribution in [1.82, 2.24) is 0 Å². The van der Waals surface area contributed by atoms with E-state index in [1.165, 1.54) is 6.92 Å². The van der Waals surface area contributed by atoms with Gasteiger partial charge in [0.2, 0.25) is 5.60 Å². The predicted molar refractivity (Wildman–Crippen MR) is 57.3 cm³/mol. The highest BCUT2D eigenvalue weighted by atomic mass is 32.1. The maximum atomic E-state index is 10.9. The first-order chi connectivity index (χ1) is 7.03. The first-order valence-corrected chi connectivity index (χ1v) is 5.44. The summed E-state index contributed by atoms with van der Waals surface area (Å²) in [6.07, 6.45) is 0.323. The number of hydrogen-bond donors (Lipinski definition) is 1. The standard InChI is InChI=1S/C10H11NO3S/c1-6-3-4-15-8(6)7-5-10(2,9(12)13)14-11-7/h3-4H,5H2,1-2H3,(H,12,13). The van der Waals surface area contributed by atoms with Gasteiger partial charge in [-0.1, -0.05) is 5.16 Å². The molecule has 0 aliphatic carbocycles. The van der Waals surface area contributed by atoms with Crippen molar-refractivity contribution < 1.29 is 14.7 Å². The van der Waals surface area contributed by atoms with Crippen molar-refractivity contribution in [2.75, 3.05) is 0 Å². The number of carboxylic acids is 1. The zero-order valence-corrected chi connectivity index (χ0v) is 9.30. The normalized spacial score (nSPS) is 24.8. The summed E-state index contributed by atoms with van der Waals surface area (Å²) in [7, 11) is 0. The molecular formula is C10H11NO3S. The van der Waals surface area contributed by atoms with Gasteiger partial charge < -0.3 is 9.94 Å². The Hall–Kier alpha value is -1.36. The van der Waals surface area contributed by atoms with Gasteiger partial charge in [0, 0.05) is 6.42 Å². The van der Waals surface area contributed by atoms with Gasteiger partial charge in [0.1, 0.15) is 5.71 Å². The fourth-order valence-electron chi connectivity index (χ4n) is 1.44. The second kappa shape index (κ2) is 3.34. The Morgan fingerprint density at radius 1 is 1.73 bits per heavy atom. The summed E-state index contributed by atoms with van der Waals surface area (Å²) >= 11 is 1.56. The first kappa shape index (κ1) is 10.2. The largest absolute Gasteiger partial charge is 0.478 e. The van der Waals surface area contributed by atoms with Crippen LogP contribution in [0.3, 0.4) is 0 Å². The van der Waals surface area contributed by atoms with Gasteiger partial charge in [-0.25, -0.2) is 4.79 Å². The van der Waals surface area contributed by atoms with Crippen LogP contribution in [0.5, 0.6) is 0 Å². The summed E-state index contributed by atoms with van der Waals surface area (Å²) in [6.45, 7) is 3.51. The number of rotatable bonds is 2. The van der Waals surface area contributed by atoms with Crippen molar-refractivity contribution >= 4 is 23.0 Å². The molecule has 2 rings (SSSR count). The molecule has 1 aliphatic rings. The van der Waals surface area contributed by atoms with Gasteiger partial charge in [-0.15, -0.1) is 11.3 Å². The zero-order chi connectivity index (χ0) is 11.1. The molecular weight excluding hydrogens is 214 g/mol. The second-order valence-corrected chi connectivity index (χ2v) is 4.69. The third kappa shape index (κ3) is 1.63. The lowest BCUT2D eigenvalue weighted by Crippen LogP contribution is -2.35. The lowest BCUT2D eigenvalue weighted by Gasteiger charge is -2.14. The van der Waals surface area contributed by atoms with Crippen LogP contribution in [0.4, 0.5) is 0 Å². The van der Waals surface area contributed by atoms with Gasteiger partial charge in [0.25, 0.3) is 0 Å². The van der Waals surface area contributed by atoms with Crippen LogP contribution in [0.1, 0.15) is 23.8 Å². The first-order valence-electron chi connectivity index (χ1n) is 4.56.